The molecule has 1 saturated heterocycles. The van der Waals surface area contributed by atoms with E-state index >= 15 is 0 Å². The van der Waals surface area contributed by atoms with Crippen molar-refractivity contribution >= 4 is 0 Å². The number of pyridine rings is 1. The molecule has 0 spiro atoms. The van der Waals surface area contributed by atoms with Gasteiger partial charge in [0.15, 0.2) is 0 Å². The first-order valence-corrected chi connectivity index (χ1v) is 5.97. The zero-order valence-corrected chi connectivity index (χ0v) is 9.98. The van der Waals surface area contributed by atoms with Crippen LogP contribution in [-0.2, 0) is 5.60 Å². The van der Waals surface area contributed by atoms with Crippen LogP contribution >= 0.6 is 0 Å². The van der Waals surface area contributed by atoms with Crippen molar-refractivity contribution in [1.29, 1.82) is 0 Å². The fourth-order valence-electron chi connectivity index (χ4n) is 2.40. The Morgan fingerprint density at radius 3 is 3.00 bits per heavy atom. The van der Waals surface area contributed by atoms with Crippen LogP contribution in [-0.4, -0.2) is 22.7 Å². The van der Waals surface area contributed by atoms with Crippen molar-refractivity contribution in [2.24, 2.45) is 5.92 Å². The summed E-state index contributed by atoms with van der Waals surface area (Å²) in [5.74, 6) is 0.675. The molecule has 1 aliphatic heterocycles. The maximum absolute atomic E-state index is 10.6. The fourth-order valence-corrected chi connectivity index (χ4v) is 2.40. The number of piperidine rings is 1. The monoisotopic (exact) mass is 220 g/mol. The van der Waals surface area contributed by atoms with Crippen LogP contribution in [0.15, 0.2) is 24.5 Å². The second-order valence-electron chi connectivity index (χ2n) is 5.03. The molecule has 1 fully saturated rings. The summed E-state index contributed by atoms with van der Waals surface area (Å²) in [6, 6.07) is 3.93. The Morgan fingerprint density at radius 2 is 2.38 bits per heavy atom. The molecular formula is C13H20N2O. The maximum Gasteiger partial charge on any atom is 0.104 e. The lowest BCUT2D eigenvalue weighted by Crippen LogP contribution is -2.50. The van der Waals surface area contributed by atoms with Crippen molar-refractivity contribution in [3.8, 4) is 0 Å². The summed E-state index contributed by atoms with van der Waals surface area (Å²) in [4.78, 5) is 4.08. The highest BCUT2D eigenvalue weighted by atomic mass is 16.3. The summed E-state index contributed by atoms with van der Waals surface area (Å²) >= 11 is 0. The summed E-state index contributed by atoms with van der Waals surface area (Å²) in [6.07, 6.45) is 5.69. The van der Waals surface area contributed by atoms with Crippen molar-refractivity contribution in [2.45, 2.75) is 38.3 Å². The van der Waals surface area contributed by atoms with E-state index in [9.17, 15) is 5.11 Å². The van der Waals surface area contributed by atoms with Crippen LogP contribution in [0.1, 0.15) is 32.3 Å². The Kier molecular flexibility index (Phi) is 3.26. The third-order valence-corrected chi connectivity index (χ3v) is 3.59. The zero-order chi connectivity index (χ0) is 11.6. The molecule has 0 aromatic carbocycles. The molecule has 0 aliphatic carbocycles. The molecule has 3 unspecified atom stereocenters. The normalized spacial score (nSPS) is 29.7. The predicted octanol–water partition coefficient (Wildman–Crippen LogP) is 1.68. The summed E-state index contributed by atoms with van der Waals surface area (Å²) in [6.45, 7) is 5.11. The van der Waals surface area contributed by atoms with Crippen LogP contribution in [0.25, 0.3) is 0 Å². The van der Waals surface area contributed by atoms with Gasteiger partial charge in [0.2, 0.25) is 0 Å². The first kappa shape index (κ1) is 11.6. The molecule has 0 saturated carbocycles. The lowest BCUT2D eigenvalue weighted by Gasteiger charge is -2.38. The van der Waals surface area contributed by atoms with Crippen LogP contribution in [0.5, 0.6) is 0 Å². The number of aromatic nitrogens is 1. The molecule has 1 aromatic rings. The Bertz CT molecular complexity index is 337. The van der Waals surface area contributed by atoms with E-state index < -0.39 is 5.60 Å². The van der Waals surface area contributed by atoms with E-state index in [1.165, 1.54) is 6.42 Å². The third-order valence-electron chi connectivity index (χ3n) is 3.59. The number of hydrogen-bond acceptors (Lipinski definition) is 3. The van der Waals surface area contributed by atoms with Gasteiger partial charge in [-0.3, -0.25) is 4.98 Å². The second-order valence-corrected chi connectivity index (χ2v) is 5.03. The van der Waals surface area contributed by atoms with Gasteiger partial charge in [0, 0.05) is 24.0 Å². The molecule has 2 rings (SSSR count). The summed E-state index contributed by atoms with van der Waals surface area (Å²) < 4.78 is 0. The molecule has 3 heteroatoms. The zero-order valence-electron chi connectivity index (χ0n) is 9.98. The van der Waals surface area contributed by atoms with Gasteiger partial charge < -0.3 is 10.4 Å². The van der Waals surface area contributed by atoms with Crippen LogP contribution in [0.2, 0.25) is 0 Å². The number of nitrogens with zero attached hydrogens (tertiary/aromatic N) is 1. The first-order valence-electron chi connectivity index (χ1n) is 5.97. The Balaban J connectivity index is 2.18. The van der Waals surface area contributed by atoms with Crippen molar-refractivity contribution in [2.75, 3.05) is 6.54 Å². The Labute approximate surface area is 96.9 Å². The highest BCUT2D eigenvalue weighted by molar-refractivity contribution is 5.20. The van der Waals surface area contributed by atoms with E-state index in [0.717, 1.165) is 18.5 Å². The number of hydrogen-bond donors (Lipinski definition) is 2. The van der Waals surface area contributed by atoms with Crippen molar-refractivity contribution in [1.82, 2.24) is 10.3 Å². The van der Waals surface area contributed by atoms with Crippen LogP contribution < -0.4 is 5.32 Å². The smallest absolute Gasteiger partial charge is 0.104 e. The molecule has 16 heavy (non-hydrogen) atoms. The molecule has 1 aromatic heterocycles. The van der Waals surface area contributed by atoms with Gasteiger partial charge in [-0.05, 0) is 38.3 Å². The molecular weight excluding hydrogens is 200 g/mol. The first-order chi connectivity index (χ1) is 7.60. The Morgan fingerprint density at radius 1 is 1.56 bits per heavy atom. The molecule has 88 valence electrons. The standard InChI is InChI=1S/C13H20N2O/c1-10-5-7-15-12(8-10)13(2,16)11-4-3-6-14-9-11/h3-4,6,9-10,12,15-16H,5,7-8H2,1-2H3. The van der Waals surface area contributed by atoms with Gasteiger partial charge in [-0.1, -0.05) is 13.0 Å². The van der Waals surface area contributed by atoms with E-state index in [2.05, 4.69) is 17.2 Å². The van der Waals surface area contributed by atoms with Crippen LogP contribution in [0.3, 0.4) is 0 Å². The minimum atomic E-state index is -0.830. The van der Waals surface area contributed by atoms with E-state index in [1.54, 1.807) is 12.4 Å². The van der Waals surface area contributed by atoms with Gasteiger partial charge in [0.25, 0.3) is 0 Å². The molecule has 0 radical (unpaired) electrons. The van der Waals surface area contributed by atoms with Gasteiger partial charge in [-0.25, -0.2) is 0 Å². The summed E-state index contributed by atoms with van der Waals surface area (Å²) in [5, 5.41) is 14.0. The molecule has 1 aliphatic rings. The summed E-state index contributed by atoms with van der Waals surface area (Å²) in [5.41, 5.74) is 0.0600. The molecule has 3 atom stereocenters. The van der Waals surface area contributed by atoms with Crippen molar-refractivity contribution in [3.05, 3.63) is 30.1 Å². The second kappa shape index (κ2) is 4.52. The fraction of sp³-hybridized carbons (Fsp3) is 0.615. The lowest BCUT2D eigenvalue weighted by atomic mass is 9.81. The van der Waals surface area contributed by atoms with Gasteiger partial charge in [0.1, 0.15) is 5.60 Å². The molecule has 0 bridgehead atoms. The topological polar surface area (TPSA) is 45.1 Å². The largest absolute Gasteiger partial charge is 0.384 e. The molecule has 2 N–H and O–H groups in total. The minimum Gasteiger partial charge on any atom is -0.384 e. The van der Waals surface area contributed by atoms with E-state index in [0.29, 0.717) is 5.92 Å². The molecule has 3 nitrogen and oxygen atoms in total. The Hall–Kier alpha value is -0.930. The van der Waals surface area contributed by atoms with Crippen molar-refractivity contribution in [3.63, 3.8) is 0 Å². The highest BCUT2D eigenvalue weighted by Crippen LogP contribution is 2.30. The van der Waals surface area contributed by atoms with Gasteiger partial charge >= 0.3 is 0 Å². The minimum absolute atomic E-state index is 0.125. The SMILES string of the molecule is CC1CCNC(C(C)(O)c2cccnc2)C1. The van der Waals surface area contributed by atoms with Crippen molar-refractivity contribution < 1.29 is 5.11 Å². The molecule has 2 heterocycles. The average molecular weight is 220 g/mol. The van der Waals surface area contributed by atoms with Gasteiger partial charge in [-0.2, -0.15) is 0 Å². The quantitative estimate of drug-likeness (QED) is 0.797. The van der Waals surface area contributed by atoms with E-state index in [-0.39, 0.29) is 6.04 Å². The third kappa shape index (κ3) is 2.25. The number of rotatable bonds is 2. The number of nitrogens with one attached hydrogen (secondary N) is 1. The van der Waals surface area contributed by atoms with Gasteiger partial charge in [0.05, 0.1) is 0 Å². The highest BCUT2D eigenvalue weighted by Gasteiger charge is 2.36. The van der Waals surface area contributed by atoms with E-state index in [4.69, 9.17) is 0 Å². The van der Waals surface area contributed by atoms with E-state index in [1.807, 2.05) is 19.1 Å². The average Bonchev–Trinajstić information content (AvgIpc) is 2.30. The van der Waals surface area contributed by atoms with Gasteiger partial charge in [-0.15, -0.1) is 0 Å². The summed E-state index contributed by atoms with van der Waals surface area (Å²) in [7, 11) is 0. The lowest BCUT2D eigenvalue weighted by molar-refractivity contribution is -0.00168. The predicted molar refractivity (Wildman–Crippen MR) is 64.0 cm³/mol. The molecule has 0 amide bonds. The maximum atomic E-state index is 10.6. The number of aliphatic hydroxyl groups is 1. The van der Waals surface area contributed by atoms with Crippen LogP contribution in [0.4, 0.5) is 0 Å². The van der Waals surface area contributed by atoms with Crippen LogP contribution in [0, 0.1) is 5.92 Å².